The number of methoxy groups -OCH3 is 1. The zero-order valence-corrected chi connectivity index (χ0v) is 16.3. The fourth-order valence-electron chi connectivity index (χ4n) is 2.54. The van der Waals surface area contributed by atoms with Crippen LogP contribution in [0.2, 0.25) is 5.02 Å². The average Bonchev–Trinajstić information content (AvgIpc) is 2.70. The Bertz CT molecular complexity index is 961. The minimum Gasteiger partial charge on any atom is -0.495 e. The van der Waals surface area contributed by atoms with Crippen LogP contribution in [0.3, 0.4) is 0 Å². The van der Waals surface area contributed by atoms with Crippen molar-refractivity contribution in [3.8, 4) is 11.5 Å². The number of rotatable bonds is 7. The molecule has 2 aromatic carbocycles. The average molecular weight is 398 g/mol. The molecule has 0 atom stereocenters. The number of hydrogen-bond acceptors (Lipinski definition) is 5. The molecule has 1 heterocycles. The molecule has 3 aromatic rings. The smallest absolute Gasteiger partial charge is 0.257 e. The highest BCUT2D eigenvalue weighted by Gasteiger charge is 2.10. The first kappa shape index (κ1) is 19.5. The van der Waals surface area contributed by atoms with Crippen LogP contribution >= 0.6 is 11.6 Å². The number of benzene rings is 2. The van der Waals surface area contributed by atoms with E-state index in [1.807, 2.05) is 31.2 Å². The van der Waals surface area contributed by atoms with Gasteiger partial charge in [0.25, 0.3) is 5.91 Å². The van der Waals surface area contributed by atoms with Crippen LogP contribution < -0.4 is 20.1 Å². The van der Waals surface area contributed by atoms with Gasteiger partial charge in [0.1, 0.15) is 17.3 Å². The highest BCUT2D eigenvalue weighted by molar-refractivity contribution is 6.32. The predicted molar refractivity (Wildman–Crippen MR) is 111 cm³/mol. The molecule has 28 heavy (non-hydrogen) atoms. The first-order valence-corrected chi connectivity index (χ1v) is 9.08. The highest BCUT2D eigenvalue weighted by atomic mass is 35.5. The molecule has 0 aliphatic heterocycles. The van der Waals surface area contributed by atoms with Gasteiger partial charge in [0.15, 0.2) is 0 Å². The maximum atomic E-state index is 12.4. The Morgan fingerprint density at radius 2 is 1.93 bits per heavy atom. The van der Waals surface area contributed by atoms with Gasteiger partial charge in [-0.05, 0) is 49.4 Å². The Balaban J connectivity index is 1.68. The van der Waals surface area contributed by atoms with E-state index in [1.165, 1.54) is 13.3 Å². The number of nitrogens with one attached hydrogen (secondary N) is 2. The molecule has 0 bridgehead atoms. The minimum absolute atomic E-state index is 0.282. The zero-order chi connectivity index (χ0) is 19.9. The molecule has 0 unspecified atom stereocenters. The fourth-order valence-corrected chi connectivity index (χ4v) is 2.80. The molecule has 0 aliphatic carbocycles. The van der Waals surface area contributed by atoms with Crippen LogP contribution in [0.1, 0.15) is 17.3 Å². The largest absolute Gasteiger partial charge is 0.495 e. The number of anilines is 3. The Morgan fingerprint density at radius 1 is 1.11 bits per heavy atom. The van der Waals surface area contributed by atoms with E-state index in [1.54, 1.807) is 30.3 Å². The number of amides is 1. The van der Waals surface area contributed by atoms with Crippen LogP contribution in [-0.2, 0) is 0 Å². The molecule has 6 nitrogen and oxygen atoms in total. The second kappa shape index (κ2) is 9.10. The molecule has 144 valence electrons. The standard InChI is InChI=1S/C21H20ClN3O3/c1-3-28-19-7-5-4-6-17(19)25-20-11-8-14(13-23-20)21(26)24-15-9-10-18(27-2)16(22)12-15/h4-13H,3H2,1-2H3,(H,23,25)(H,24,26). The van der Waals surface area contributed by atoms with Crippen molar-refractivity contribution >= 4 is 34.7 Å². The molecule has 1 amide bonds. The summed E-state index contributed by atoms with van der Waals surface area (Å²) in [5.74, 6) is 1.61. The summed E-state index contributed by atoms with van der Waals surface area (Å²) in [6.45, 7) is 2.50. The van der Waals surface area contributed by atoms with Crippen LogP contribution in [0.5, 0.6) is 11.5 Å². The highest BCUT2D eigenvalue weighted by Crippen LogP contribution is 2.28. The molecule has 3 rings (SSSR count). The summed E-state index contributed by atoms with van der Waals surface area (Å²) in [4.78, 5) is 16.7. The Labute approximate surface area is 168 Å². The topological polar surface area (TPSA) is 72.5 Å². The van der Waals surface area contributed by atoms with Gasteiger partial charge >= 0.3 is 0 Å². The third-order valence-corrected chi connectivity index (χ3v) is 4.18. The van der Waals surface area contributed by atoms with Crippen LogP contribution in [-0.4, -0.2) is 24.6 Å². The van der Waals surface area contributed by atoms with Crippen molar-refractivity contribution in [2.75, 3.05) is 24.4 Å². The van der Waals surface area contributed by atoms with Crippen molar-refractivity contribution in [3.05, 3.63) is 71.4 Å². The van der Waals surface area contributed by atoms with E-state index in [4.69, 9.17) is 21.1 Å². The number of pyridine rings is 1. The second-order valence-corrected chi connectivity index (χ2v) is 6.20. The minimum atomic E-state index is -0.282. The van der Waals surface area contributed by atoms with Gasteiger partial charge in [-0.3, -0.25) is 4.79 Å². The monoisotopic (exact) mass is 397 g/mol. The Morgan fingerprint density at radius 3 is 2.61 bits per heavy atom. The SMILES string of the molecule is CCOc1ccccc1Nc1ccc(C(=O)Nc2ccc(OC)c(Cl)c2)cn1. The van der Waals surface area contributed by atoms with Gasteiger partial charge in [0, 0.05) is 11.9 Å². The van der Waals surface area contributed by atoms with E-state index in [0.29, 0.717) is 34.4 Å². The van der Waals surface area contributed by atoms with Gasteiger partial charge in [-0.25, -0.2) is 4.98 Å². The summed E-state index contributed by atoms with van der Waals surface area (Å²) in [5, 5.41) is 6.40. The Hall–Kier alpha value is -3.25. The number of nitrogens with zero attached hydrogens (tertiary/aromatic N) is 1. The van der Waals surface area contributed by atoms with Crippen molar-refractivity contribution in [2.24, 2.45) is 0 Å². The molecule has 0 aliphatic rings. The van der Waals surface area contributed by atoms with E-state index in [2.05, 4.69) is 15.6 Å². The van der Waals surface area contributed by atoms with Crippen molar-refractivity contribution < 1.29 is 14.3 Å². The molecule has 7 heteroatoms. The van der Waals surface area contributed by atoms with Gasteiger partial charge < -0.3 is 20.1 Å². The Kier molecular flexibility index (Phi) is 6.34. The molecule has 2 N–H and O–H groups in total. The van der Waals surface area contributed by atoms with Crippen LogP contribution in [0, 0.1) is 0 Å². The summed E-state index contributed by atoms with van der Waals surface area (Å²) in [5.41, 5.74) is 1.81. The summed E-state index contributed by atoms with van der Waals surface area (Å²) in [7, 11) is 1.54. The maximum absolute atomic E-state index is 12.4. The number of aromatic nitrogens is 1. The van der Waals surface area contributed by atoms with Gasteiger partial charge in [-0.1, -0.05) is 23.7 Å². The van der Waals surface area contributed by atoms with Crippen LogP contribution in [0.15, 0.2) is 60.8 Å². The van der Waals surface area contributed by atoms with Crippen molar-refractivity contribution in [1.82, 2.24) is 4.98 Å². The lowest BCUT2D eigenvalue weighted by Crippen LogP contribution is -2.12. The van der Waals surface area contributed by atoms with Gasteiger partial charge in [0.2, 0.25) is 0 Å². The van der Waals surface area contributed by atoms with E-state index in [-0.39, 0.29) is 5.91 Å². The third kappa shape index (κ3) is 4.72. The molecule has 0 fully saturated rings. The summed E-state index contributed by atoms with van der Waals surface area (Å²) >= 11 is 6.08. The third-order valence-electron chi connectivity index (χ3n) is 3.88. The molecule has 0 saturated heterocycles. The molecule has 0 saturated carbocycles. The first-order valence-electron chi connectivity index (χ1n) is 8.70. The predicted octanol–water partition coefficient (Wildman–Crippen LogP) is 5.14. The lowest BCUT2D eigenvalue weighted by atomic mass is 10.2. The molecular formula is C21H20ClN3O3. The number of carbonyl (C=O) groups is 1. The normalized spacial score (nSPS) is 10.2. The van der Waals surface area contributed by atoms with Gasteiger partial charge in [-0.15, -0.1) is 0 Å². The molecule has 0 spiro atoms. The number of ether oxygens (including phenoxy) is 2. The molecule has 0 radical (unpaired) electrons. The quantitative estimate of drug-likeness (QED) is 0.577. The van der Waals surface area contributed by atoms with Crippen molar-refractivity contribution in [2.45, 2.75) is 6.92 Å². The summed E-state index contributed by atoms with van der Waals surface area (Å²) < 4.78 is 10.7. The van der Waals surface area contributed by atoms with Gasteiger partial charge in [0.05, 0.1) is 30.0 Å². The van der Waals surface area contributed by atoms with Crippen LogP contribution in [0.4, 0.5) is 17.2 Å². The number of carbonyl (C=O) groups excluding carboxylic acids is 1. The van der Waals surface area contributed by atoms with E-state index < -0.39 is 0 Å². The van der Waals surface area contributed by atoms with Gasteiger partial charge in [-0.2, -0.15) is 0 Å². The lowest BCUT2D eigenvalue weighted by Gasteiger charge is -2.12. The molecular weight excluding hydrogens is 378 g/mol. The number of halogens is 1. The lowest BCUT2D eigenvalue weighted by molar-refractivity contribution is 0.102. The first-order chi connectivity index (χ1) is 13.6. The summed E-state index contributed by atoms with van der Waals surface area (Å²) in [6, 6.07) is 16.1. The maximum Gasteiger partial charge on any atom is 0.257 e. The second-order valence-electron chi connectivity index (χ2n) is 5.79. The van der Waals surface area contributed by atoms with Crippen LogP contribution in [0.25, 0.3) is 0 Å². The number of hydrogen-bond donors (Lipinski definition) is 2. The molecule has 1 aromatic heterocycles. The van der Waals surface area contributed by atoms with E-state index >= 15 is 0 Å². The van der Waals surface area contributed by atoms with Crippen molar-refractivity contribution in [1.29, 1.82) is 0 Å². The van der Waals surface area contributed by atoms with Crippen molar-refractivity contribution in [3.63, 3.8) is 0 Å². The fraction of sp³-hybridized carbons (Fsp3) is 0.143. The van der Waals surface area contributed by atoms with E-state index in [9.17, 15) is 4.79 Å². The van der Waals surface area contributed by atoms with E-state index in [0.717, 1.165) is 11.4 Å². The number of para-hydroxylation sites is 2. The summed E-state index contributed by atoms with van der Waals surface area (Å²) in [6.07, 6.45) is 1.51. The zero-order valence-electron chi connectivity index (χ0n) is 15.5.